The standard InChI is InChI=1S/C16H15Cl4N5O6S/c1-15(2,31-14(27)30-3)10-21-11(16(18,19)20)23-12(22-10)24-13(26)25-32(28,29)9-7-5-4-6-8(9)17/h4-7H,1-3H3,(H2,21,22,23,24,25,26). The van der Waals surface area contributed by atoms with Gasteiger partial charge in [0.2, 0.25) is 9.74 Å². The lowest BCUT2D eigenvalue weighted by Gasteiger charge is -2.24. The Kier molecular flexibility index (Phi) is 8.00. The number of benzene rings is 1. The number of methoxy groups -OCH3 is 1. The summed E-state index contributed by atoms with van der Waals surface area (Å²) in [6, 6.07) is 4.23. The van der Waals surface area contributed by atoms with E-state index in [4.69, 9.17) is 51.1 Å². The van der Waals surface area contributed by atoms with Crippen LogP contribution in [0.3, 0.4) is 0 Å². The van der Waals surface area contributed by atoms with Crippen LogP contribution in [0.25, 0.3) is 0 Å². The van der Waals surface area contributed by atoms with Gasteiger partial charge in [-0.25, -0.2) is 27.7 Å². The van der Waals surface area contributed by atoms with Gasteiger partial charge in [-0.3, -0.25) is 5.32 Å². The zero-order valence-corrected chi connectivity index (χ0v) is 20.4. The third kappa shape index (κ3) is 6.69. The number of ether oxygens (including phenoxy) is 2. The Balaban J connectivity index is 2.37. The highest BCUT2D eigenvalue weighted by Crippen LogP contribution is 2.37. The molecule has 0 spiro atoms. The van der Waals surface area contributed by atoms with Gasteiger partial charge >= 0.3 is 12.2 Å². The van der Waals surface area contributed by atoms with E-state index in [-0.39, 0.29) is 15.7 Å². The van der Waals surface area contributed by atoms with Crippen molar-refractivity contribution in [2.24, 2.45) is 0 Å². The van der Waals surface area contributed by atoms with Gasteiger partial charge in [0.15, 0.2) is 17.2 Å². The van der Waals surface area contributed by atoms with Crippen LogP contribution in [0.2, 0.25) is 5.02 Å². The Hall–Kier alpha value is -2.12. The highest BCUT2D eigenvalue weighted by Gasteiger charge is 2.35. The molecule has 2 aromatic rings. The largest absolute Gasteiger partial charge is 0.508 e. The van der Waals surface area contributed by atoms with Gasteiger partial charge in [-0.2, -0.15) is 9.97 Å². The average molecular weight is 547 g/mol. The average Bonchev–Trinajstić information content (AvgIpc) is 2.66. The lowest BCUT2D eigenvalue weighted by atomic mass is 10.1. The zero-order valence-electron chi connectivity index (χ0n) is 16.5. The molecule has 0 radical (unpaired) electrons. The summed E-state index contributed by atoms with van der Waals surface area (Å²) in [7, 11) is -3.24. The molecule has 0 aliphatic heterocycles. The number of urea groups is 1. The lowest BCUT2D eigenvalue weighted by molar-refractivity contribution is -0.0145. The molecule has 0 aliphatic carbocycles. The highest BCUT2D eigenvalue weighted by molar-refractivity contribution is 7.90. The molecule has 0 aliphatic rings. The predicted octanol–water partition coefficient (Wildman–Crippen LogP) is 3.88. The number of amides is 2. The molecule has 2 rings (SSSR count). The normalized spacial score (nSPS) is 12.1. The van der Waals surface area contributed by atoms with E-state index in [0.717, 1.165) is 7.11 Å². The Morgan fingerprint density at radius 1 is 1.03 bits per heavy atom. The number of halogens is 4. The lowest BCUT2D eigenvalue weighted by Crippen LogP contribution is -2.36. The van der Waals surface area contributed by atoms with E-state index < -0.39 is 43.4 Å². The van der Waals surface area contributed by atoms with Crippen molar-refractivity contribution in [2.45, 2.75) is 28.1 Å². The maximum Gasteiger partial charge on any atom is 0.508 e. The van der Waals surface area contributed by atoms with E-state index in [1.807, 2.05) is 0 Å². The number of anilines is 1. The third-order valence-corrected chi connectivity index (χ3v) is 5.85. The monoisotopic (exact) mass is 545 g/mol. The number of rotatable bonds is 5. The number of hydrogen-bond donors (Lipinski definition) is 2. The van der Waals surface area contributed by atoms with Crippen molar-refractivity contribution in [1.29, 1.82) is 0 Å². The van der Waals surface area contributed by atoms with Gasteiger partial charge in [-0.1, -0.05) is 58.5 Å². The van der Waals surface area contributed by atoms with E-state index in [2.05, 4.69) is 25.0 Å². The van der Waals surface area contributed by atoms with Crippen molar-refractivity contribution < 1.29 is 27.5 Å². The summed E-state index contributed by atoms with van der Waals surface area (Å²) < 4.78 is 33.9. The highest BCUT2D eigenvalue weighted by atomic mass is 35.6. The van der Waals surface area contributed by atoms with Gasteiger partial charge in [0.05, 0.1) is 12.1 Å². The zero-order chi connectivity index (χ0) is 24.3. The minimum Gasteiger partial charge on any atom is -0.438 e. The van der Waals surface area contributed by atoms with Crippen LogP contribution in [-0.2, 0) is 28.9 Å². The van der Waals surface area contributed by atoms with Gasteiger partial charge in [-0.05, 0) is 26.0 Å². The molecule has 174 valence electrons. The fourth-order valence-electron chi connectivity index (χ4n) is 2.09. The van der Waals surface area contributed by atoms with E-state index >= 15 is 0 Å². The quantitative estimate of drug-likeness (QED) is 0.420. The molecule has 2 amide bonds. The summed E-state index contributed by atoms with van der Waals surface area (Å²) in [4.78, 5) is 35.2. The first kappa shape index (κ1) is 26.1. The maximum absolute atomic E-state index is 12.4. The van der Waals surface area contributed by atoms with Crippen LogP contribution >= 0.6 is 46.4 Å². The predicted molar refractivity (Wildman–Crippen MR) is 116 cm³/mol. The molecule has 0 atom stereocenters. The van der Waals surface area contributed by atoms with Gasteiger partial charge < -0.3 is 9.47 Å². The second-order valence-corrected chi connectivity index (χ2v) is 10.7. The molecule has 0 saturated heterocycles. The fraction of sp³-hybridized carbons (Fsp3) is 0.312. The third-order valence-electron chi connectivity index (χ3n) is 3.51. The molecular formula is C16H15Cl4N5O6S. The molecule has 11 nitrogen and oxygen atoms in total. The number of nitrogens with one attached hydrogen (secondary N) is 2. The number of carbonyl (C=O) groups is 2. The number of aromatic nitrogens is 3. The van der Waals surface area contributed by atoms with Crippen molar-refractivity contribution in [1.82, 2.24) is 19.7 Å². The first-order valence-electron chi connectivity index (χ1n) is 8.35. The van der Waals surface area contributed by atoms with Crippen LogP contribution in [0.1, 0.15) is 25.5 Å². The van der Waals surface area contributed by atoms with Crippen LogP contribution in [0, 0.1) is 0 Å². The van der Waals surface area contributed by atoms with Gasteiger partial charge in [0, 0.05) is 0 Å². The van der Waals surface area contributed by atoms with Crippen LogP contribution in [0.4, 0.5) is 15.5 Å². The number of sulfonamides is 1. The topological polar surface area (TPSA) is 149 Å². The van der Waals surface area contributed by atoms with Crippen LogP contribution < -0.4 is 10.0 Å². The summed E-state index contributed by atoms with van der Waals surface area (Å²) in [5, 5.41) is 2.00. The number of nitrogens with zero attached hydrogens (tertiary/aromatic N) is 3. The van der Waals surface area contributed by atoms with E-state index in [0.29, 0.717) is 0 Å². The van der Waals surface area contributed by atoms with Crippen LogP contribution in [-0.4, -0.2) is 42.7 Å². The van der Waals surface area contributed by atoms with E-state index in [1.54, 1.807) is 4.72 Å². The molecule has 0 bridgehead atoms. The van der Waals surface area contributed by atoms with Gasteiger partial charge in [-0.15, -0.1) is 0 Å². The second kappa shape index (κ2) is 9.79. The first-order chi connectivity index (χ1) is 14.7. The number of hydrogen-bond acceptors (Lipinski definition) is 9. The van der Waals surface area contributed by atoms with Gasteiger partial charge in [0.25, 0.3) is 10.0 Å². The molecule has 0 saturated carbocycles. The first-order valence-corrected chi connectivity index (χ1v) is 11.3. The summed E-state index contributed by atoms with van der Waals surface area (Å²) in [5.74, 6) is -1.16. The molecule has 16 heteroatoms. The van der Waals surface area contributed by atoms with Crippen molar-refractivity contribution in [3.8, 4) is 0 Å². The van der Waals surface area contributed by atoms with Crippen LogP contribution in [0.5, 0.6) is 0 Å². The summed E-state index contributed by atoms with van der Waals surface area (Å²) in [6.07, 6.45) is -1.05. The summed E-state index contributed by atoms with van der Waals surface area (Å²) in [5.41, 5.74) is -1.52. The number of carbonyl (C=O) groups excluding carboxylic acids is 2. The maximum atomic E-state index is 12.4. The molecule has 1 heterocycles. The molecule has 0 fully saturated rings. The number of alkyl halides is 3. The Bertz CT molecular complexity index is 1140. The molecule has 0 unspecified atom stereocenters. The Labute approximate surface area is 202 Å². The fourth-order valence-corrected chi connectivity index (χ4v) is 3.77. The second-order valence-electron chi connectivity index (χ2n) is 6.36. The van der Waals surface area contributed by atoms with E-state index in [9.17, 15) is 18.0 Å². The SMILES string of the molecule is COC(=O)OC(C)(C)c1nc(NC(=O)NS(=O)(=O)c2ccccc2Cl)nc(C(Cl)(Cl)Cl)n1. The molecule has 1 aromatic carbocycles. The minimum absolute atomic E-state index is 0.101. The Morgan fingerprint density at radius 2 is 1.62 bits per heavy atom. The molecular weight excluding hydrogens is 532 g/mol. The molecule has 2 N–H and O–H groups in total. The van der Waals surface area contributed by atoms with Crippen molar-refractivity contribution >= 4 is 74.6 Å². The summed E-state index contributed by atoms with van der Waals surface area (Å²) in [6.45, 7) is 2.79. The van der Waals surface area contributed by atoms with Crippen molar-refractivity contribution in [2.75, 3.05) is 12.4 Å². The minimum atomic E-state index is -4.34. The molecule has 32 heavy (non-hydrogen) atoms. The molecule has 1 aromatic heterocycles. The smallest absolute Gasteiger partial charge is 0.438 e. The van der Waals surface area contributed by atoms with Crippen molar-refractivity contribution in [3.05, 3.63) is 40.9 Å². The summed E-state index contributed by atoms with van der Waals surface area (Å²) >= 11 is 23.4. The van der Waals surface area contributed by atoms with Crippen molar-refractivity contribution in [3.63, 3.8) is 0 Å². The van der Waals surface area contributed by atoms with E-state index in [1.165, 1.54) is 38.1 Å². The van der Waals surface area contributed by atoms with Crippen LogP contribution in [0.15, 0.2) is 29.2 Å². The Morgan fingerprint density at radius 3 is 2.19 bits per heavy atom. The van der Waals surface area contributed by atoms with Gasteiger partial charge in [0.1, 0.15) is 4.90 Å².